The summed E-state index contributed by atoms with van der Waals surface area (Å²) in [5.41, 5.74) is 1.41. The Hall–Kier alpha value is -2.68. The van der Waals surface area contributed by atoms with E-state index in [1.165, 1.54) is 6.07 Å². The monoisotopic (exact) mass is 474 g/mol. The van der Waals surface area contributed by atoms with Gasteiger partial charge in [0.1, 0.15) is 12.6 Å². The van der Waals surface area contributed by atoms with E-state index in [4.69, 9.17) is 30.8 Å². The molecule has 0 bridgehead atoms. The average molecular weight is 475 g/mol. The van der Waals surface area contributed by atoms with Gasteiger partial charge in [-0.1, -0.05) is 43.5 Å². The van der Waals surface area contributed by atoms with Crippen molar-refractivity contribution >= 4 is 29.1 Å². The SMILES string of the molecule is CCCCCn1c(N=C(C)OCCCOCOC)cc(=O)n2cc(-c3ccc(Cl)cc3)nc12. The summed E-state index contributed by atoms with van der Waals surface area (Å²) in [4.78, 5) is 22.2. The molecule has 0 atom stereocenters. The molecule has 0 aliphatic heterocycles. The van der Waals surface area contributed by atoms with Crippen molar-refractivity contribution in [3.05, 3.63) is 51.9 Å². The van der Waals surface area contributed by atoms with Gasteiger partial charge in [0.2, 0.25) is 5.78 Å². The third-order valence-electron chi connectivity index (χ3n) is 5.04. The van der Waals surface area contributed by atoms with Gasteiger partial charge < -0.3 is 14.2 Å². The number of ether oxygens (including phenoxy) is 3. The van der Waals surface area contributed by atoms with Crippen molar-refractivity contribution < 1.29 is 14.2 Å². The first-order valence-electron chi connectivity index (χ1n) is 11.2. The van der Waals surface area contributed by atoms with Crippen LogP contribution in [0.5, 0.6) is 0 Å². The van der Waals surface area contributed by atoms with Gasteiger partial charge in [-0.15, -0.1) is 0 Å². The summed E-state index contributed by atoms with van der Waals surface area (Å²) in [5.74, 6) is 1.58. The maximum absolute atomic E-state index is 12.9. The van der Waals surface area contributed by atoms with Crippen LogP contribution in [0.3, 0.4) is 0 Å². The Kier molecular flexibility index (Phi) is 9.47. The topological polar surface area (TPSA) is 79.4 Å². The van der Waals surface area contributed by atoms with Gasteiger partial charge in [0.25, 0.3) is 5.56 Å². The number of fused-ring (bicyclic) bond motifs is 1. The Morgan fingerprint density at radius 1 is 1.15 bits per heavy atom. The maximum atomic E-state index is 12.9. The molecule has 0 saturated carbocycles. The molecule has 0 radical (unpaired) electrons. The molecule has 2 aromatic heterocycles. The lowest BCUT2D eigenvalue weighted by molar-refractivity contribution is -0.0335. The van der Waals surface area contributed by atoms with E-state index < -0.39 is 0 Å². The lowest BCUT2D eigenvalue weighted by Gasteiger charge is -2.13. The largest absolute Gasteiger partial charge is 0.481 e. The van der Waals surface area contributed by atoms with E-state index in [1.807, 2.05) is 28.8 Å². The number of unbranched alkanes of at least 4 members (excludes halogenated alkanes) is 2. The Morgan fingerprint density at radius 3 is 2.67 bits per heavy atom. The van der Waals surface area contributed by atoms with Crippen LogP contribution in [-0.4, -0.2) is 47.0 Å². The molecular weight excluding hydrogens is 444 g/mol. The molecule has 0 saturated heterocycles. The Morgan fingerprint density at radius 2 is 1.94 bits per heavy atom. The van der Waals surface area contributed by atoms with E-state index in [0.717, 1.165) is 24.8 Å². The van der Waals surface area contributed by atoms with Crippen LogP contribution in [0.4, 0.5) is 5.82 Å². The lowest BCUT2D eigenvalue weighted by atomic mass is 10.2. The molecular formula is C24H31ClN4O4. The number of aryl methyl sites for hydroxylation is 1. The predicted octanol–water partition coefficient (Wildman–Crippen LogP) is 5.08. The van der Waals surface area contributed by atoms with Crippen molar-refractivity contribution in [3.63, 3.8) is 0 Å². The normalized spacial score (nSPS) is 11.9. The number of aromatic nitrogens is 3. The van der Waals surface area contributed by atoms with Gasteiger partial charge in [0, 0.05) is 49.8 Å². The van der Waals surface area contributed by atoms with Crippen LogP contribution >= 0.6 is 11.6 Å². The minimum Gasteiger partial charge on any atom is -0.481 e. The first kappa shape index (κ1) is 25.0. The summed E-state index contributed by atoms with van der Waals surface area (Å²) in [6, 6.07) is 8.93. The molecule has 33 heavy (non-hydrogen) atoms. The van der Waals surface area contributed by atoms with Crippen LogP contribution in [0.2, 0.25) is 5.02 Å². The molecule has 1 aromatic carbocycles. The second-order valence-corrected chi connectivity index (χ2v) is 8.09. The van der Waals surface area contributed by atoms with Gasteiger partial charge in [0.05, 0.1) is 18.9 Å². The number of methoxy groups -OCH3 is 1. The van der Waals surface area contributed by atoms with E-state index in [-0.39, 0.29) is 12.4 Å². The summed E-state index contributed by atoms with van der Waals surface area (Å²) in [6.07, 6.45) is 5.59. The summed E-state index contributed by atoms with van der Waals surface area (Å²) in [6.45, 7) is 5.90. The minimum absolute atomic E-state index is 0.191. The number of rotatable bonds is 12. The highest BCUT2D eigenvalue weighted by Gasteiger charge is 2.14. The average Bonchev–Trinajstić information content (AvgIpc) is 3.25. The fourth-order valence-corrected chi connectivity index (χ4v) is 3.51. The van der Waals surface area contributed by atoms with Gasteiger partial charge in [0.15, 0.2) is 5.90 Å². The van der Waals surface area contributed by atoms with Gasteiger partial charge in [-0.3, -0.25) is 13.8 Å². The zero-order chi connectivity index (χ0) is 23.6. The third kappa shape index (κ3) is 6.90. The molecule has 0 amide bonds. The Balaban J connectivity index is 1.90. The number of nitrogens with zero attached hydrogens (tertiary/aromatic N) is 4. The molecule has 3 rings (SSSR count). The summed E-state index contributed by atoms with van der Waals surface area (Å²) >= 11 is 6.02. The predicted molar refractivity (Wildman–Crippen MR) is 131 cm³/mol. The van der Waals surface area contributed by atoms with Crippen molar-refractivity contribution in [2.45, 2.75) is 46.1 Å². The smallest absolute Gasteiger partial charge is 0.261 e. The van der Waals surface area contributed by atoms with E-state index in [0.29, 0.717) is 54.4 Å². The van der Waals surface area contributed by atoms with Gasteiger partial charge in [-0.05, 0) is 18.6 Å². The Bertz CT molecular complexity index is 1120. The van der Waals surface area contributed by atoms with Crippen molar-refractivity contribution in [1.82, 2.24) is 14.0 Å². The standard InChI is InChI=1S/C24H31ClN4O4/c1-4-5-6-12-28-22(26-18(2)33-14-7-13-32-17-31-3)15-23(30)29-16-21(27-24(28)29)19-8-10-20(25)11-9-19/h8-11,15-16H,4-7,12-14,17H2,1-3H3. The first-order chi connectivity index (χ1) is 16.0. The van der Waals surface area contributed by atoms with Crippen LogP contribution in [0.15, 0.2) is 46.3 Å². The molecule has 3 aromatic rings. The summed E-state index contributed by atoms with van der Waals surface area (Å²) in [5, 5.41) is 0.652. The minimum atomic E-state index is -0.191. The second-order valence-electron chi connectivity index (χ2n) is 7.65. The molecule has 8 nitrogen and oxygen atoms in total. The second kappa shape index (κ2) is 12.5. The van der Waals surface area contributed by atoms with Gasteiger partial charge >= 0.3 is 0 Å². The van der Waals surface area contributed by atoms with Crippen LogP contribution in [-0.2, 0) is 20.8 Å². The molecule has 0 N–H and O–H groups in total. The van der Waals surface area contributed by atoms with Crippen molar-refractivity contribution in [1.29, 1.82) is 0 Å². The number of imidazole rings is 1. The van der Waals surface area contributed by atoms with E-state index in [2.05, 4.69) is 11.9 Å². The van der Waals surface area contributed by atoms with Crippen LogP contribution < -0.4 is 5.56 Å². The molecule has 0 spiro atoms. The van der Waals surface area contributed by atoms with Crippen LogP contribution in [0.25, 0.3) is 17.0 Å². The Labute approximate surface area is 198 Å². The van der Waals surface area contributed by atoms with Crippen molar-refractivity contribution in [2.24, 2.45) is 4.99 Å². The van der Waals surface area contributed by atoms with E-state index >= 15 is 0 Å². The molecule has 0 fully saturated rings. The molecule has 0 aliphatic rings. The zero-order valence-electron chi connectivity index (χ0n) is 19.4. The fraction of sp³-hybridized carbons (Fsp3) is 0.458. The van der Waals surface area contributed by atoms with Crippen LogP contribution in [0, 0.1) is 0 Å². The molecule has 9 heteroatoms. The lowest BCUT2D eigenvalue weighted by Crippen LogP contribution is -2.17. The summed E-state index contributed by atoms with van der Waals surface area (Å²) in [7, 11) is 1.59. The summed E-state index contributed by atoms with van der Waals surface area (Å²) < 4.78 is 19.4. The zero-order valence-corrected chi connectivity index (χ0v) is 20.2. The number of halogens is 1. The molecule has 178 valence electrons. The van der Waals surface area contributed by atoms with Crippen LogP contribution in [0.1, 0.15) is 39.5 Å². The quantitative estimate of drug-likeness (QED) is 0.158. The highest BCUT2D eigenvalue weighted by Crippen LogP contribution is 2.23. The van der Waals surface area contributed by atoms with E-state index in [1.54, 1.807) is 24.6 Å². The van der Waals surface area contributed by atoms with Crippen molar-refractivity contribution in [2.75, 3.05) is 27.1 Å². The van der Waals surface area contributed by atoms with Gasteiger partial charge in [-0.25, -0.2) is 4.98 Å². The van der Waals surface area contributed by atoms with E-state index in [9.17, 15) is 4.79 Å². The number of aliphatic imine (C=N–C) groups is 1. The third-order valence-corrected chi connectivity index (χ3v) is 5.29. The van der Waals surface area contributed by atoms with Gasteiger partial charge in [-0.2, -0.15) is 4.99 Å². The molecule has 0 aliphatic carbocycles. The highest BCUT2D eigenvalue weighted by atomic mass is 35.5. The number of hydrogen-bond acceptors (Lipinski definition) is 6. The fourth-order valence-electron chi connectivity index (χ4n) is 3.39. The first-order valence-corrected chi connectivity index (χ1v) is 11.5. The molecule has 2 heterocycles. The van der Waals surface area contributed by atoms with Crippen molar-refractivity contribution in [3.8, 4) is 11.3 Å². The highest BCUT2D eigenvalue weighted by molar-refractivity contribution is 6.30. The molecule has 0 unspecified atom stereocenters. The maximum Gasteiger partial charge on any atom is 0.261 e. The number of benzene rings is 1. The number of hydrogen-bond donors (Lipinski definition) is 0.